The number of benzene rings is 1. The zero-order valence-electron chi connectivity index (χ0n) is 9.32. The fourth-order valence-corrected chi connectivity index (χ4v) is 2.27. The van der Waals surface area contributed by atoms with Gasteiger partial charge in [0.05, 0.1) is 5.41 Å². The Bertz CT molecular complexity index is 436. The zero-order chi connectivity index (χ0) is 11.1. The molecule has 0 N–H and O–H groups in total. The largest absolute Gasteiger partial charge is 0.314 e. The number of anilines is 1. The third-order valence-electron chi connectivity index (χ3n) is 3.07. The molecule has 1 amide bonds. The van der Waals surface area contributed by atoms with Crippen molar-refractivity contribution >= 4 is 11.6 Å². The van der Waals surface area contributed by atoms with Crippen LogP contribution < -0.4 is 4.90 Å². The van der Waals surface area contributed by atoms with Crippen LogP contribution in [-0.2, 0) is 10.2 Å². The molecular formula is C13H15NO. The van der Waals surface area contributed by atoms with Crippen molar-refractivity contribution in [3.63, 3.8) is 0 Å². The van der Waals surface area contributed by atoms with E-state index >= 15 is 0 Å². The Morgan fingerprint density at radius 2 is 2.00 bits per heavy atom. The standard InChI is InChI=1S/C13H15NO/c1-4-9-13(2)10-7-5-6-8-11(10)14(3)12(13)15/h4-9H,1-3H3/b9-4-/t13-/m0/s1. The predicted molar refractivity (Wildman–Crippen MR) is 62.0 cm³/mol. The maximum atomic E-state index is 12.1. The van der Waals surface area contributed by atoms with Gasteiger partial charge in [-0.05, 0) is 25.5 Å². The Morgan fingerprint density at radius 3 is 2.67 bits per heavy atom. The van der Waals surface area contributed by atoms with Gasteiger partial charge >= 0.3 is 0 Å². The molecule has 1 aliphatic heterocycles. The Labute approximate surface area is 90.2 Å². The van der Waals surface area contributed by atoms with Gasteiger partial charge < -0.3 is 4.90 Å². The van der Waals surface area contributed by atoms with Crippen molar-refractivity contribution in [2.75, 3.05) is 11.9 Å². The number of rotatable bonds is 1. The first kappa shape index (κ1) is 9.97. The molecule has 0 aromatic heterocycles. The van der Waals surface area contributed by atoms with Gasteiger partial charge in [-0.25, -0.2) is 0 Å². The van der Waals surface area contributed by atoms with Gasteiger partial charge in [-0.3, -0.25) is 4.79 Å². The minimum atomic E-state index is -0.486. The summed E-state index contributed by atoms with van der Waals surface area (Å²) in [5.74, 6) is 0.141. The van der Waals surface area contributed by atoms with E-state index in [0.717, 1.165) is 11.3 Å². The summed E-state index contributed by atoms with van der Waals surface area (Å²) in [7, 11) is 1.83. The Morgan fingerprint density at radius 1 is 1.33 bits per heavy atom. The van der Waals surface area contributed by atoms with Gasteiger partial charge in [0.25, 0.3) is 0 Å². The number of allylic oxidation sites excluding steroid dienone is 1. The first-order valence-electron chi connectivity index (χ1n) is 5.13. The topological polar surface area (TPSA) is 20.3 Å². The normalized spacial score (nSPS) is 25.0. The molecule has 0 saturated carbocycles. The minimum absolute atomic E-state index is 0.141. The molecule has 2 rings (SSSR count). The predicted octanol–water partition coefficient (Wildman–Crippen LogP) is 2.50. The van der Waals surface area contributed by atoms with Crippen molar-refractivity contribution in [1.29, 1.82) is 0 Å². The lowest BCUT2D eigenvalue weighted by atomic mass is 9.83. The molecule has 15 heavy (non-hydrogen) atoms. The summed E-state index contributed by atoms with van der Waals surface area (Å²) in [6.45, 7) is 3.91. The molecule has 78 valence electrons. The summed E-state index contributed by atoms with van der Waals surface area (Å²) in [5, 5.41) is 0. The Hall–Kier alpha value is -1.57. The highest BCUT2D eigenvalue weighted by Crippen LogP contribution is 2.41. The molecule has 2 heteroatoms. The van der Waals surface area contributed by atoms with Gasteiger partial charge in [-0.2, -0.15) is 0 Å². The van der Waals surface area contributed by atoms with Crippen molar-refractivity contribution in [2.24, 2.45) is 0 Å². The minimum Gasteiger partial charge on any atom is -0.314 e. The number of hydrogen-bond donors (Lipinski definition) is 0. The molecule has 0 unspecified atom stereocenters. The second kappa shape index (κ2) is 3.23. The number of carbonyl (C=O) groups excluding carboxylic acids is 1. The first-order valence-corrected chi connectivity index (χ1v) is 5.13. The smallest absolute Gasteiger partial charge is 0.241 e. The van der Waals surface area contributed by atoms with E-state index in [4.69, 9.17) is 0 Å². The average molecular weight is 201 g/mol. The van der Waals surface area contributed by atoms with Crippen molar-refractivity contribution in [1.82, 2.24) is 0 Å². The number of carbonyl (C=O) groups is 1. The van der Waals surface area contributed by atoms with E-state index in [9.17, 15) is 4.79 Å². The summed E-state index contributed by atoms with van der Waals surface area (Å²) in [6, 6.07) is 7.95. The number of amides is 1. The SMILES string of the molecule is C/C=C\[C@]1(C)C(=O)N(C)c2ccccc21. The number of nitrogens with zero attached hydrogens (tertiary/aromatic N) is 1. The molecule has 0 bridgehead atoms. The van der Waals surface area contributed by atoms with E-state index in [-0.39, 0.29) is 5.91 Å². The molecule has 1 atom stereocenters. The quantitative estimate of drug-likeness (QED) is 0.639. The second-order valence-electron chi connectivity index (χ2n) is 4.08. The van der Waals surface area contributed by atoms with E-state index in [1.54, 1.807) is 4.90 Å². The van der Waals surface area contributed by atoms with Crippen LogP contribution in [0.5, 0.6) is 0 Å². The van der Waals surface area contributed by atoms with Crippen LogP contribution in [0.4, 0.5) is 5.69 Å². The third-order valence-corrected chi connectivity index (χ3v) is 3.07. The van der Waals surface area contributed by atoms with E-state index in [1.165, 1.54) is 0 Å². The van der Waals surface area contributed by atoms with E-state index in [0.29, 0.717) is 0 Å². The highest BCUT2D eigenvalue weighted by Gasteiger charge is 2.43. The number of likely N-dealkylation sites (N-methyl/N-ethyl adjacent to an activating group) is 1. The molecule has 0 aliphatic carbocycles. The average Bonchev–Trinajstić information content (AvgIpc) is 2.43. The zero-order valence-corrected chi connectivity index (χ0v) is 9.32. The van der Waals surface area contributed by atoms with Crippen molar-refractivity contribution in [3.05, 3.63) is 42.0 Å². The van der Waals surface area contributed by atoms with Crippen LogP contribution in [0.2, 0.25) is 0 Å². The first-order chi connectivity index (χ1) is 7.11. The highest BCUT2D eigenvalue weighted by atomic mass is 16.2. The van der Waals surface area contributed by atoms with Gasteiger partial charge in [0.15, 0.2) is 0 Å². The van der Waals surface area contributed by atoms with Gasteiger partial charge in [0.2, 0.25) is 5.91 Å². The molecule has 1 aromatic carbocycles. The maximum absolute atomic E-state index is 12.1. The Balaban J connectivity index is 2.66. The maximum Gasteiger partial charge on any atom is 0.241 e. The van der Waals surface area contributed by atoms with Crippen molar-refractivity contribution in [3.8, 4) is 0 Å². The van der Waals surface area contributed by atoms with Crippen molar-refractivity contribution in [2.45, 2.75) is 19.3 Å². The van der Waals surface area contributed by atoms with Crippen LogP contribution in [0.3, 0.4) is 0 Å². The summed E-state index contributed by atoms with van der Waals surface area (Å²) >= 11 is 0. The van der Waals surface area contributed by atoms with Gasteiger partial charge in [0.1, 0.15) is 0 Å². The fourth-order valence-electron chi connectivity index (χ4n) is 2.27. The van der Waals surface area contributed by atoms with Crippen LogP contribution in [0.25, 0.3) is 0 Å². The highest BCUT2D eigenvalue weighted by molar-refractivity contribution is 6.08. The van der Waals surface area contributed by atoms with Gasteiger partial charge in [-0.15, -0.1) is 0 Å². The number of fused-ring (bicyclic) bond motifs is 1. The second-order valence-corrected chi connectivity index (χ2v) is 4.08. The van der Waals surface area contributed by atoms with Gasteiger partial charge in [-0.1, -0.05) is 30.4 Å². The summed E-state index contributed by atoms with van der Waals surface area (Å²) in [4.78, 5) is 13.9. The van der Waals surface area contributed by atoms with Crippen LogP contribution in [0, 0.1) is 0 Å². The number of para-hydroxylation sites is 1. The van der Waals surface area contributed by atoms with E-state index in [2.05, 4.69) is 0 Å². The molecular weight excluding hydrogens is 186 g/mol. The van der Waals surface area contributed by atoms with Gasteiger partial charge in [0, 0.05) is 12.7 Å². The molecule has 1 heterocycles. The molecule has 0 spiro atoms. The summed E-state index contributed by atoms with van der Waals surface area (Å²) in [6.07, 6.45) is 3.91. The van der Waals surface area contributed by atoms with Crippen LogP contribution >= 0.6 is 0 Å². The van der Waals surface area contributed by atoms with E-state index < -0.39 is 5.41 Å². The van der Waals surface area contributed by atoms with Crippen LogP contribution in [-0.4, -0.2) is 13.0 Å². The molecule has 1 aliphatic rings. The monoisotopic (exact) mass is 201 g/mol. The fraction of sp³-hybridized carbons (Fsp3) is 0.308. The Kier molecular flexibility index (Phi) is 2.14. The summed E-state index contributed by atoms with van der Waals surface area (Å²) < 4.78 is 0. The molecule has 2 nitrogen and oxygen atoms in total. The van der Waals surface area contributed by atoms with Crippen LogP contribution in [0.1, 0.15) is 19.4 Å². The summed E-state index contributed by atoms with van der Waals surface area (Å²) in [5.41, 5.74) is 1.62. The number of hydrogen-bond acceptors (Lipinski definition) is 1. The van der Waals surface area contributed by atoms with Crippen LogP contribution in [0.15, 0.2) is 36.4 Å². The third kappa shape index (κ3) is 1.21. The molecule has 1 aromatic rings. The lowest BCUT2D eigenvalue weighted by Crippen LogP contribution is -2.34. The van der Waals surface area contributed by atoms with E-state index in [1.807, 2.05) is 57.3 Å². The lowest BCUT2D eigenvalue weighted by Gasteiger charge is -2.18. The molecule has 0 radical (unpaired) electrons. The molecule has 0 fully saturated rings. The lowest BCUT2D eigenvalue weighted by molar-refractivity contribution is -0.120. The van der Waals surface area contributed by atoms with Crippen molar-refractivity contribution < 1.29 is 4.79 Å². The molecule has 0 saturated heterocycles.